The molecule has 0 aliphatic heterocycles. The van der Waals surface area contributed by atoms with Crippen molar-refractivity contribution in [1.82, 2.24) is 4.98 Å². The first-order chi connectivity index (χ1) is 13.5. The van der Waals surface area contributed by atoms with E-state index in [1.54, 1.807) is 12.1 Å². The fourth-order valence-corrected chi connectivity index (χ4v) is 3.35. The third-order valence-corrected chi connectivity index (χ3v) is 4.91. The molecule has 1 aromatic carbocycles. The van der Waals surface area contributed by atoms with E-state index in [-0.39, 0.29) is 24.4 Å². The van der Waals surface area contributed by atoms with Gasteiger partial charge in [-0.25, -0.2) is 9.37 Å². The Morgan fingerprint density at radius 1 is 1.25 bits per heavy atom. The van der Waals surface area contributed by atoms with Crippen LogP contribution in [0.25, 0.3) is 11.5 Å². The third kappa shape index (κ3) is 5.87. The van der Waals surface area contributed by atoms with Crippen LogP contribution in [0.1, 0.15) is 50.0 Å². The summed E-state index contributed by atoms with van der Waals surface area (Å²) in [5.74, 6) is 0.0556. The number of ether oxygens (including phenoxy) is 2. The number of halogens is 1. The third-order valence-electron chi connectivity index (χ3n) is 4.91. The van der Waals surface area contributed by atoms with Gasteiger partial charge in [0, 0.05) is 18.6 Å². The summed E-state index contributed by atoms with van der Waals surface area (Å²) in [6.07, 6.45) is 4.63. The van der Waals surface area contributed by atoms with Gasteiger partial charge in [0.2, 0.25) is 5.89 Å². The molecule has 1 N–H and O–H groups in total. The Kier molecular flexibility index (Phi) is 7.17. The normalized spacial score (nSPS) is 19.6. The Morgan fingerprint density at radius 2 is 1.96 bits per heavy atom. The van der Waals surface area contributed by atoms with E-state index in [4.69, 9.17) is 19.0 Å². The zero-order valence-corrected chi connectivity index (χ0v) is 16.0. The molecule has 6 nitrogen and oxygen atoms in total. The average molecular weight is 391 g/mol. The highest BCUT2D eigenvalue weighted by Crippen LogP contribution is 2.26. The molecule has 7 heteroatoms. The lowest BCUT2D eigenvalue weighted by atomic mass is 9.95. The number of nitrogens with zero attached hydrogens (tertiary/aromatic N) is 1. The zero-order chi connectivity index (χ0) is 19.9. The molecule has 0 spiro atoms. The SMILES string of the molecule is Cc1oc(-c2ccc(F)cc2)nc1COC1CCCC(OCCCC(=O)O)C1. The molecule has 0 saturated heterocycles. The summed E-state index contributed by atoms with van der Waals surface area (Å²) in [5.41, 5.74) is 1.46. The molecule has 0 bridgehead atoms. The molecule has 0 radical (unpaired) electrons. The zero-order valence-electron chi connectivity index (χ0n) is 16.0. The Morgan fingerprint density at radius 3 is 2.68 bits per heavy atom. The van der Waals surface area contributed by atoms with Gasteiger partial charge in [-0.1, -0.05) is 0 Å². The Hall–Kier alpha value is -2.25. The number of carboxylic acid groups (broad SMARTS) is 1. The van der Waals surface area contributed by atoms with Crippen LogP contribution in [0.5, 0.6) is 0 Å². The van der Waals surface area contributed by atoms with Crippen molar-refractivity contribution in [1.29, 1.82) is 0 Å². The van der Waals surface area contributed by atoms with Crippen LogP contribution in [-0.4, -0.2) is 34.9 Å². The fraction of sp³-hybridized carbons (Fsp3) is 0.524. The van der Waals surface area contributed by atoms with E-state index < -0.39 is 5.97 Å². The van der Waals surface area contributed by atoms with E-state index in [0.29, 0.717) is 31.3 Å². The first-order valence-corrected chi connectivity index (χ1v) is 9.68. The number of benzene rings is 1. The Labute approximate surface area is 163 Å². The lowest BCUT2D eigenvalue weighted by molar-refractivity contribution is -0.137. The van der Waals surface area contributed by atoms with Crippen molar-refractivity contribution < 1.29 is 28.2 Å². The number of carbonyl (C=O) groups is 1. The van der Waals surface area contributed by atoms with E-state index in [2.05, 4.69) is 4.98 Å². The van der Waals surface area contributed by atoms with Gasteiger partial charge in [-0.2, -0.15) is 0 Å². The lowest BCUT2D eigenvalue weighted by Gasteiger charge is -2.29. The van der Waals surface area contributed by atoms with E-state index in [1.807, 2.05) is 6.92 Å². The van der Waals surface area contributed by atoms with Crippen LogP contribution in [0.4, 0.5) is 4.39 Å². The number of hydrogen-bond donors (Lipinski definition) is 1. The van der Waals surface area contributed by atoms with Gasteiger partial charge in [0.1, 0.15) is 17.3 Å². The average Bonchev–Trinajstić information content (AvgIpc) is 3.05. The maximum Gasteiger partial charge on any atom is 0.303 e. The quantitative estimate of drug-likeness (QED) is 0.634. The van der Waals surface area contributed by atoms with Gasteiger partial charge in [-0.05, 0) is 63.3 Å². The first kappa shape index (κ1) is 20.5. The van der Waals surface area contributed by atoms with Crippen LogP contribution in [-0.2, 0) is 20.9 Å². The van der Waals surface area contributed by atoms with Crippen molar-refractivity contribution in [3.8, 4) is 11.5 Å². The number of aromatic nitrogens is 1. The molecule has 152 valence electrons. The van der Waals surface area contributed by atoms with Gasteiger partial charge in [-0.3, -0.25) is 4.79 Å². The molecular formula is C21H26FNO5. The molecule has 1 fully saturated rings. The monoisotopic (exact) mass is 391 g/mol. The molecule has 1 heterocycles. The van der Waals surface area contributed by atoms with Crippen molar-refractivity contribution >= 4 is 5.97 Å². The molecule has 3 rings (SSSR count). The van der Waals surface area contributed by atoms with Crippen molar-refractivity contribution in [3.63, 3.8) is 0 Å². The van der Waals surface area contributed by atoms with Crippen LogP contribution in [0.15, 0.2) is 28.7 Å². The molecule has 1 aliphatic rings. The van der Waals surface area contributed by atoms with Crippen LogP contribution in [0, 0.1) is 12.7 Å². The van der Waals surface area contributed by atoms with Gasteiger partial charge < -0.3 is 19.0 Å². The Balaban J connectivity index is 1.48. The van der Waals surface area contributed by atoms with Crippen LogP contribution >= 0.6 is 0 Å². The first-order valence-electron chi connectivity index (χ1n) is 9.68. The fourth-order valence-electron chi connectivity index (χ4n) is 3.35. The maximum atomic E-state index is 13.1. The summed E-state index contributed by atoms with van der Waals surface area (Å²) < 4.78 is 30.6. The van der Waals surface area contributed by atoms with E-state index in [1.165, 1.54) is 12.1 Å². The number of hydrogen-bond acceptors (Lipinski definition) is 5. The van der Waals surface area contributed by atoms with E-state index in [0.717, 1.165) is 36.9 Å². The summed E-state index contributed by atoms with van der Waals surface area (Å²) in [6.45, 7) is 2.66. The predicted molar refractivity (Wildman–Crippen MR) is 100 cm³/mol. The van der Waals surface area contributed by atoms with Crippen molar-refractivity contribution in [3.05, 3.63) is 41.5 Å². The highest BCUT2D eigenvalue weighted by atomic mass is 19.1. The van der Waals surface area contributed by atoms with Crippen LogP contribution in [0.2, 0.25) is 0 Å². The minimum atomic E-state index is -0.795. The molecule has 0 amide bonds. The molecular weight excluding hydrogens is 365 g/mol. The summed E-state index contributed by atoms with van der Waals surface area (Å²) in [7, 11) is 0. The summed E-state index contributed by atoms with van der Waals surface area (Å²) in [4.78, 5) is 15.0. The second-order valence-electron chi connectivity index (χ2n) is 7.12. The van der Waals surface area contributed by atoms with E-state index >= 15 is 0 Å². The van der Waals surface area contributed by atoms with Crippen molar-refractivity contribution in [2.75, 3.05) is 6.61 Å². The lowest BCUT2D eigenvalue weighted by Crippen LogP contribution is -2.28. The van der Waals surface area contributed by atoms with Crippen LogP contribution in [0.3, 0.4) is 0 Å². The summed E-state index contributed by atoms with van der Waals surface area (Å²) in [5, 5.41) is 8.67. The minimum Gasteiger partial charge on any atom is -0.481 e. The molecule has 2 atom stereocenters. The maximum absolute atomic E-state index is 13.1. The topological polar surface area (TPSA) is 81.8 Å². The highest BCUT2D eigenvalue weighted by molar-refractivity contribution is 5.66. The molecule has 1 aliphatic carbocycles. The molecule has 2 unspecified atom stereocenters. The highest BCUT2D eigenvalue weighted by Gasteiger charge is 2.24. The number of oxazole rings is 1. The van der Waals surface area contributed by atoms with Crippen molar-refractivity contribution in [2.45, 2.75) is 64.3 Å². The number of carboxylic acids is 1. The number of aliphatic carboxylic acids is 1. The number of aryl methyl sites for hydroxylation is 1. The molecule has 1 aromatic heterocycles. The standard InChI is InChI=1S/C21H26FNO5/c1-14-19(23-21(28-14)15-7-9-16(22)10-8-15)13-27-18-5-2-4-17(12-18)26-11-3-6-20(24)25/h7-10,17-18H,2-6,11-13H2,1H3,(H,24,25). The van der Waals surface area contributed by atoms with E-state index in [9.17, 15) is 9.18 Å². The van der Waals surface area contributed by atoms with Gasteiger partial charge in [0.15, 0.2) is 0 Å². The minimum absolute atomic E-state index is 0.0867. The largest absolute Gasteiger partial charge is 0.481 e. The molecule has 1 saturated carbocycles. The summed E-state index contributed by atoms with van der Waals surface area (Å²) >= 11 is 0. The second kappa shape index (κ2) is 9.80. The van der Waals surface area contributed by atoms with Gasteiger partial charge >= 0.3 is 5.97 Å². The summed E-state index contributed by atoms with van der Waals surface area (Å²) in [6, 6.07) is 6.03. The second-order valence-corrected chi connectivity index (χ2v) is 7.12. The van der Waals surface area contributed by atoms with Gasteiger partial charge in [-0.15, -0.1) is 0 Å². The van der Waals surface area contributed by atoms with Crippen molar-refractivity contribution in [2.24, 2.45) is 0 Å². The van der Waals surface area contributed by atoms with Crippen LogP contribution < -0.4 is 0 Å². The predicted octanol–water partition coefficient (Wildman–Crippen LogP) is 4.50. The van der Waals surface area contributed by atoms with Gasteiger partial charge in [0.25, 0.3) is 0 Å². The number of rotatable bonds is 9. The van der Waals surface area contributed by atoms with Gasteiger partial charge in [0.05, 0.1) is 18.8 Å². The molecule has 28 heavy (non-hydrogen) atoms. The molecule has 2 aromatic rings. The Bertz CT molecular complexity index is 774. The smallest absolute Gasteiger partial charge is 0.303 e.